The number of nitrogens with zero attached hydrogens (tertiary/aromatic N) is 2. The fourth-order valence-corrected chi connectivity index (χ4v) is 2.10. The van der Waals surface area contributed by atoms with Gasteiger partial charge in [-0.15, -0.1) is 0 Å². The van der Waals surface area contributed by atoms with E-state index in [9.17, 15) is 4.79 Å². The highest BCUT2D eigenvalue weighted by Crippen LogP contribution is 2.30. The van der Waals surface area contributed by atoms with Crippen molar-refractivity contribution in [2.75, 3.05) is 18.5 Å². The molecule has 0 atom stereocenters. The Morgan fingerprint density at radius 3 is 2.70 bits per heavy atom. The summed E-state index contributed by atoms with van der Waals surface area (Å²) in [6.07, 6.45) is 0. The topological polar surface area (TPSA) is 65.4 Å². The van der Waals surface area contributed by atoms with Crippen LogP contribution in [0, 0.1) is 6.92 Å². The number of rotatable bonds is 2. The number of carbonyl (C=O) groups excluding carboxylic acids is 1. The number of aromatic nitrogens is 2. The number of amides is 1. The smallest absolute Gasteiger partial charge is 0.256 e. The van der Waals surface area contributed by atoms with Crippen LogP contribution in [-0.2, 0) is 7.05 Å². The van der Waals surface area contributed by atoms with Crippen LogP contribution < -0.4 is 14.8 Å². The molecule has 1 aromatic heterocycles. The first-order valence-electron chi connectivity index (χ1n) is 6.35. The third-order valence-corrected chi connectivity index (χ3v) is 3.05. The highest BCUT2D eigenvalue weighted by molar-refractivity contribution is 6.04. The predicted octanol–water partition coefficient (Wildman–Crippen LogP) is 1.75. The lowest BCUT2D eigenvalue weighted by molar-refractivity contribution is 0.102. The Hall–Kier alpha value is -2.50. The maximum atomic E-state index is 12.2. The lowest BCUT2D eigenvalue weighted by Gasteiger charge is -2.18. The van der Waals surface area contributed by atoms with Crippen LogP contribution in [0.25, 0.3) is 0 Å². The van der Waals surface area contributed by atoms with Crippen LogP contribution in [0.15, 0.2) is 24.3 Å². The van der Waals surface area contributed by atoms with Crippen molar-refractivity contribution in [2.45, 2.75) is 6.92 Å². The maximum absolute atomic E-state index is 12.2. The Bertz CT molecular complexity index is 664. The lowest BCUT2D eigenvalue weighted by Crippen LogP contribution is -2.18. The summed E-state index contributed by atoms with van der Waals surface area (Å²) in [5.41, 5.74) is 1.37. The van der Waals surface area contributed by atoms with E-state index in [1.165, 1.54) is 0 Å². The molecular formula is C14H15N3O3. The number of ether oxygens (including phenoxy) is 2. The molecule has 1 amide bonds. The molecule has 2 heterocycles. The zero-order valence-electron chi connectivity index (χ0n) is 11.3. The Morgan fingerprint density at radius 1 is 1.25 bits per heavy atom. The number of carbonyl (C=O) groups is 1. The molecule has 0 spiro atoms. The highest BCUT2D eigenvalue weighted by atomic mass is 16.6. The fraction of sp³-hybridized carbons (Fsp3) is 0.286. The largest absolute Gasteiger partial charge is 0.486 e. The molecule has 6 heteroatoms. The van der Waals surface area contributed by atoms with E-state index in [1.807, 2.05) is 13.0 Å². The molecule has 6 nitrogen and oxygen atoms in total. The monoisotopic (exact) mass is 273 g/mol. The maximum Gasteiger partial charge on any atom is 0.256 e. The SMILES string of the molecule is Cc1cc(NC(=O)c2ccc3c(c2)OCCO3)n(C)n1. The van der Waals surface area contributed by atoms with E-state index in [4.69, 9.17) is 9.47 Å². The number of hydrogen-bond acceptors (Lipinski definition) is 4. The standard InChI is InChI=1S/C14H15N3O3/c1-9-7-13(17(2)16-9)15-14(18)10-3-4-11-12(8-10)20-6-5-19-11/h3-4,7-8H,5-6H2,1-2H3,(H,15,18). The number of hydrogen-bond donors (Lipinski definition) is 1. The summed E-state index contributed by atoms with van der Waals surface area (Å²) in [5, 5.41) is 7.00. The number of aryl methyl sites for hydroxylation is 2. The Balaban J connectivity index is 1.82. The van der Waals surface area contributed by atoms with Crippen molar-refractivity contribution in [1.82, 2.24) is 9.78 Å². The molecule has 1 aromatic carbocycles. The van der Waals surface area contributed by atoms with Crippen molar-refractivity contribution in [1.29, 1.82) is 0 Å². The zero-order chi connectivity index (χ0) is 14.1. The van der Waals surface area contributed by atoms with Crippen molar-refractivity contribution < 1.29 is 14.3 Å². The molecule has 2 aromatic rings. The van der Waals surface area contributed by atoms with E-state index < -0.39 is 0 Å². The van der Waals surface area contributed by atoms with Crippen molar-refractivity contribution in [2.24, 2.45) is 7.05 Å². The van der Waals surface area contributed by atoms with Crippen LogP contribution >= 0.6 is 0 Å². The highest BCUT2D eigenvalue weighted by Gasteiger charge is 2.15. The van der Waals surface area contributed by atoms with Gasteiger partial charge < -0.3 is 14.8 Å². The molecule has 1 aliphatic heterocycles. The van der Waals surface area contributed by atoms with E-state index in [0.29, 0.717) is 36.1 Å². The number of nitrogens with one attached hydrogen (secondary N) is 1. The minimum absolute atomic E-state index is 0.204. The van der Waals surface area contributed by atoms with Crippen molar-refractivity contribution >= 4 is 11.7 Å². The van der Waals surface area contributed by atoms with Crippen LogP contribution in [0.3, 0.4) is 0 Å². The van der Waals surface area contributed by atoms with Gasteiger partial charge in [-0.3, -0.25) is 9.48 Å². The van der Waals surface area contributed by atoms with Gasteiger partial charge in [-0.2, -0.15) is 5.10 Å². The average Bonchev–Trinajstić information content (AvgIpc) is 2.76. The quantitative estimate of drug-likeness (QED) is 0.905. The Morgan fingerprint density at radius 2 is 2.00 bits per heavy atom. The fourth-order valence-electron chi connectivity index (χ4n) is 2.10. The number of fused-ring (bicyclic) bond motifs is 1. The second kappa shape index (κ2) is 4.88. The Kier molecular flexibility index (Phi) is 3.06. The van der Waals surface area contributed by atoms with Gasteiger partial charge in [0.05, 0.1) is 5.69 Å². The molecule has 0 aliphatic carbocycles. The van der Waals surface area contributed by atoms with Crippen LogP contribution in [-0.4, -0.2) is 28.9 Å². The van der Waals surface area contributed by atoms with Gasteiger partial charge in [-0.05, 0) is 25.1 Å². The van der Waals surface area contributed by atoms with Gasteiger partial charge in [-0.25, -0.2) is 0 Å². The van der Waals surface area contributed by atoms with Crippen LogP contribution in [0.4, 0.5) is 5.82 Å². The molecular weight excluding hydrogens is 258 g/mol. The molecule has 1 aliphatic rings. The van der Waals surface area contributed by atoms with Crippen molar-refractivity contribution in [3.8, 4) is 11.5 Å². The van der Waals surface area contributed by atoms with E-state index in [0.717, 1.165) is 5.69 Å². The number of benzene rings is 1. The van der Waals surface area contributed by atoms with E-state index in [1.54, 1.807) is 29.9 Å². The minimum Gasteiger partial charge on any atom is -0.486 e. The van der Waals surface area contributed by atoms with Crippen molar-refractivity contribution in [3.63, 3.8) is 0 Å². The average molecular weight is 273 g/mol. The molecule has 0 radical (unpaired) electrons. The first-order chi connectivity index (χ1) is 9.63. The summed E-state index contributed by atoms with van der Waals surface area (Å²) in [6, 6.07) is 6.97. The summed E-state index contributed by atoms with van der Waals surface area (Å²) in [7, 11) is 1.78. The lowest BCUT2D eigenvalue weighted by atomic mass is 10.2. The Labute approximate surface area is 116 Å². The molecule has 0 saturated heterocycles. The van der Waals surface area contributed by atoms with E-state index in [-0.39, 0.29) is 5.91 Å². The molecule has 1 N–H and O–H groups in total. The second-order valence-electron chi connectivity index (χ2n) is 4.61. The van der Waals surface area contributed by atoms with Gasteiger partial charge in [0.2, 0.25) is 0 Å². The van der Waals surface area contributed by atoms with Crippen LogP contribution in [0.2, 0.25) is 0 Å². The van der Waals surface area contributed by atoms with Gasteiger partial charge in [-0.1, -0.05) is 0 Å². The summed E-state index contributed by atoms with van der Waals surface area (Å²) >= 11 is 0. The second-order valence-corrected chi connectivity index (χ2v) is 4.61. The summed E-state index contributed by atoms with van der Waals surface area (Å²) in [5.74, 6) is 1.72. The molecule has 0 bridgehead atoms. The first-order valence-corrected chi connectivity index (χ1v) is 6.35. The third-order valence-electron chi connectivity index (χ3n) is 3.05. The number of anilines is 1. The molecule has 20 heavy (non-hydrogen) atoms. The normalized spacial score (nSPS) is 13.1. The van der Waals surface area contributed by atoms with E-state index in [2.05, 4.69) is 10.4 Å². The van der Waals surface area contributed by atoms with Gasteiger partial charge in [0.25, 0.3) is 5.91 Å². The predicted molar refractivity (Wildman–Crippen MR) is 73.3 cm³/mol. The van der Waals surface area contributed by atoms with Gasteiger partial charge in [0.15, 0.2) is 11.5 Å². The van der Waals surface area contributed by atoms with Crippen molar-refractivity contribution in [3.05, 3.63) is 35.5 Å². The molecule has 0 fully saturated rings. The first kappa shape index (κ1) is 12.5. The summed E-state index contributed by atoms with van der Waals surface area (Å²) in [4.78, 5) is 12.2. The third kappa shape index (κ3) is 2.32. The minimum atomic E-state index is -0.204. The molecule has 3 rings (SSSR count). The van der Waals surface area contributed by atoms with E-state index >= 15 is 0 Å². The molecule has 0 saturated carbocycles. The molecule has 104 valence electrons. The zero-order valence-corrected chi connectivity index (χ0v) is 11.3. The summed E-state index contributed by atoms with van der Waals surface area (Å²) < 4.78 is 12.5. The van der Waals surface area contributed by atoms with Crippen LogP contribution in [0.5, 0.6) is 11.5 Å². The van der Waals surface area contributed by atoms with Gasteiger partial charge in [0, 0.05) is 18.7 Å². The van der Waals surface area contributed by atoms with Crippen LogP contribution in [0.1, 0.15) is 16.1 Å². The summed E-state index contributed by atoms with van der Waals surface area (Å²) in [6.45, 7) is 2.91. The van der Waals surface area contributed by atoms with Gasteiger partial charge >= 0.3 is 0 Å². The molecule has 0 unspecified atom stereocenters. The van der Waals surface area contributed by atoms with Gasteiger partial charge in [0.1, 0.15) is 19.0 Å².